The first-order valence-corrected chi connectivity index (χ1v) is 11.1. The van der Waals surface area contributed by atoms with Crippen molar-refractivity contribution in [2.24, 2.45) is 5.92 Å². The average Bonchev–Trinajstić information content (AvgIpc) is 2.59. The minimum Gasteiger partial charge on any atom is -0.550 e. The summed E-state index contributed by atoms with van der Waals surface area (Å²) in [5.41, 5.74) is 0. The Morgan fingerprint density at radius 1 is 0.690 bits per heavy atom. The Morgan fingerprint density at radius 2 is 1.07 bits per heavy atom. The molecule has 0 bridgehead atoms. The van der Waals surface area contributed by atoms with Gasteiger partial charge in [0.15, 0.2) is 0 Å². The molecule has 5 nitrogen and oxygen atoms in total. The smallest absolute Gasteiger partial charge is 0.550 e. The van der Waals surface area contributed by atoms with Crippen LogP contribution in [0.25, 0.3) is 0 Å². The molecule has 0 saturated heterocycles. The third-order valence-electron chi connectivity index (χ3n) is 5.00. The number of carbonyl (C=O) groups excluding carboxylic acids is 2. The number of hydrogen-bond acceptors (Lipinski definition) is 5. The number of carbonyl (C=O) groups is 2. The number of hydrogen-bond donors (Lipinski definition) is 1. The SMILES string of the molecule is CC(C)CCCCCCCCCCCCCCCN[C@@H](CC(=O)[O-])C(=O)[O-].[Na+].[Na+]. The second kappa shape index (κ2) is 25.2. The van der Waals surface area contributed by atoms with E-state index in [-0.39, 0.29) is 59.1 Å². The largest absolute Gasteiger partial charge is 1.00 e. The Bertz CT molecular complexity index is 382. The van der Waals surface area contributed by atoms with E-state index in [1.165, 1.54) is 70.6 Å². The van der Waals surface area contributed by atoms with Gasteiger partial charge >= 0.3 is 59.1 Å². The molecule has 29 heavy (non-hydrogen) atoms. The summed E-state index contributed by atoms with van der Waals surface area (Å²) in [5, 5.41) is 23.9. The van der Waals surface area contributed by atoms with Crippen molar-refractivity contribution in [3.8, 4) is 0 Å². The van der Waals surface area contributed by atoms with Gasteiger partial charge in [-0.25, -0.2) is 0 Å². The molecule has 0 aliphatic rings. The zero-order valence-electron chi connectivity index (χ0n) is 19.6. The van der Waals surface area contributed by atoms with Crippen molar-refractivity contribution >= 4 is 11.9 Å². The molecule has 1 atom stereocenters. The van der Waals surface area contributed by atoms with Crippen LogP contribution in [0.1, 0.15) is 110 Å². The molecule has 7 heteroatoms. The van der Waals surface area contributed by atoms with Crippen LogP contribution in [0.2, 0.25) is 0 Å². The molecule has 0 unspecified atom stereocenters. The first-order chi connectivity index (χ1) is 12.9. The summed E-state index contributed by atoms with van der Waals surface area (Å²) in [4.78, 5) is 21.2. The molecule has 0 rings (SSSR count). The molecule has 0 saturated carbocycles. The maximum atomic E-state index is 10.8. The van der Waals surface area contributed by atoms with E-state index in [2.05, 4.69) is 19.2 Å². The maximum Gasteiger partial charge on any atom is 1.00 e. The van der Waals surface area contributed by atoms with Gasteiger partial charge in [-0.05, 0) is 18.9 Å². The molecular formula is C22H41NNa2O4. The molecule has 0 aromatic carbocycles. The normalized spacial score (nSPS) is 11.6. The molecule has 0 aromatic heterocycles. The summed E-state index contributed by atoms with van der Waals surface area (Å²) < 4.78 is 0. The Hall–Kier alpha value is 0.900. The van der Waals surface area contributed by atoms with E-state index in [4.69, 9.17) is 0 Å². The molecule has 0 aromatic rings. The summed E-state index contributed by atoms with van der Waals surface area (Å²) in [6, 6.07) is -1.15. The van der Waals surface area contributed by atoms with Crippen molar-refractivity contribution in [1.82, 2.24) is 5.32 Å². The fraction of sp³-hybridized carbons (Fsp3) is 0.909. The van der Waals surface area contributed by atoms with Gasteiger partial charge in [-0.3, -0.25) is 0 Å². The van der Waals surface area contributed by atoms with Crippen molar-refractivity contribution in [1.29, 1.82) is 0 Å². The Morgan fingerprint density at radius 3 is 1.41 bits per heavy atom. The predicted molar refractivity (Wildman–Crippen MR) is 106 cm³/mol. The second-order valence-corrected chi connectivity index (χ2v) is 8.18. The first-order valence-electron chi connectivity index (χ1n) is 11.1. The number of aliphatic carboxylic acids is 2. The van der Waals surface area contributed by atoms with Gasteiger partial charge in [-0.15, -0.1) is 0 Å². The summed E-state index contributed by atoms with van der Waals surface area (Å²) in [6.45, 7) is 5.09. The minimum absolute atomic E-state index is 0. The van der Waals surface area contributed by atoms with Crippen LogP contribution < -0.4 is 74.6 Å². The van der Waals surface area contributed by atoms with Gasteiger partial charge in [0.05, 0.1) is 12.0 Å². The Balaban J connectivity index is -0.00000338. The van der Waals surface area contributed by atoms with Crippen LogP contribution in [0.4, 0.5) is 0 Å². The van der Waals surface area contributed by atoms with Crippen molar-refractivity contribution in [2.75, 3.05) is 6.54 Å². The van der Waals surface area contributed by atoms with Crippen LogP contribution in [0.5, 0.6) is 0 Å². The van der Waals surface area contributed by atoms with Gasteiger partial charge in [-0.2, -0.15) is 0 Å². The van der Waals surface area contributed by atoms with Gasteiger partial charge < -0.3 is 25.1 Å². The summed E-state index contributed by atoms with van der Waals surface area (Å²) in [5.74, 6) is -1.91. The van der Waals surface area contributed by atoms with Crippen molar-refractivity contribution in [2.45, 2.75) is 116 Å². The van der Waals surface area contributed by atoms with Crippen molar-refractivity contribution in [3.63, 3.8) is 0 Å². The van der Waals surface area contributed by atoms with Crippen LogP contribution in [-0.2, 0) is 9.59 Å². The zero-order chi connectivity index (χ0) is 20.3. The number of carboxylic acid groups (broad SMARTS) is 2. The fourth-order valence-electron chi connectivity index (χ4n) is 3.30. The van der Waals surface area contributed by atoms with E-state index in [1.54, 1.807) is 0 Å². The van der Waals surface area contributed by atoms with E-state index in [9.17, 15) is 19.8 Å². The van der Waals surface area contributed by atoms with Crippen LogP contribution in [0.3, 0.4) is 0 Å². The molecular weight excluding hydrogens is 388 g/mol. The molecule has 0 fully saturated rings. The van der Waals surface area contributed by atoms with Gasteiger partial charge in [0.1, 0.15) is 0 Å². The van der Waals surface area contributed by atoms with Gasteiger partial charge in [0.2, 0.25) is 0 Å². The number of rotatable bonds is 20. The number of carboxylic acids is 2. The third kappa shape index (κ3) is 26.9. The molecule has 0 amide bonds. The third-order valence-corrected chi connectivity index (χ3v) is 5.00. The van der Waals surface area contributed by atoms with E-state index in [1.807, 2.05) is 0 Å². The Kier molecular flexibility index (Phi) is 29.9. The summed E-state index contributed by atoms with van der Waals surface area (Å²) in [7, 11) is 0. The monoisotopic (exact) mass is 429 g/mol. The molecule has 0 spiro atoms. The van der Waals surface area contributed by atoms with Gasteiger partial charge in [0, 0.05) is 12.4 Å². The molecule has 0 aliphatic heterocycles. The van der Waals surface area contributed by atoms with E-state index >= 15 is 0 Å². The predicted octanol–water partition coefficient (Wildman–Crippen LogP) is -3.04. The second-order valence-electron chi connectivity index (χ2n) is 8.18. The van der Waals surface area contributed by atoms with E-state index < -0.39 is 24.4 Å². The minimum atomic E-state index is -1.38. The van der Waals surface area contributed by atoms with Crippen LogP contribution in [0.15, 0.2) is 0 Å². The van der Waals surface area contributed by atoms with E-state index in [0.29, 0.717) is 6.54 Å². The first kappa shape index (κ1) is 34.5. The quantitative estimate of drug-likeness (QED) is 0.164. The molecule has 160 valence electrons. The van der Waals surface area contributed by atoms with Crippen LogP contribution in [0, 0.1) is 5.92 Å². The van der Waals surface area contributed by atoms with Crippen LogP contribution in [-0.4, -0.2) is 24.5 Å². The average molecular weight is 430 g/mol. The fourth-order valence-corrected chi connectivity index (χ4v) is 3.30. The number of unbranched alkanes of at least 4 members (excludes halogenated alkanes) is 12. The Labute approximate surface area is 223 Å². The van der Waals surface area contributed by atoms with E-state index in [0.717, 1.165) is 25.2 Å². The summed E-state index contributed by atoms with van der Waals surface area (Å²) in [6.07, 6.45) is 17.3. The molecule has 0 aliphatic carbocycles. The molecule has 1 N–H and O–H groups in total. The number of nitrogens with one attached hydrogen (secondary N) is 1. The maximum absolute atomic E-state index is 10.8. The van der Waals surface area contributed by atoms with Crippen molar-refractivity contribution in [3.05, 3.63) is 0 Å². The van der Waals surface area contributed by atoms with Gasteiger partial charge in [-0.1, -0.05) is 97.3 Å². The zero-order valence-corrected chi connectivity index (χ0v) is 23.6. The molecule has 0 radical (unpaired) electrons. The topological polar surface area (TPSA) is 92.3 Å². The van der Waals surface area contributed by atoms with Crippen LogP contribution >= 0.6 is 0 Å². The van der Waals surface area contributed by atoms with Gasteiger partial charge in [0.25, 0.3) is 0 Å². The molecule has 0 heterocycles. The standard InChI is InChI=1S/C22H43NO4.2Na/c1-19(2)16-14-12-10-8-6-4-3-5-7-9-11-13-15-17-23-20(22(26)27)18-21(24)25;;/h19-20,23H,3-18H2,1-2H3,(H,24,25)(H,26,27);;/q;2*+1/p-2/t20-;;/m0../s1. The van der Waals surface area contributed by atoms with Crippen molar-refractivity contribution < 1.29 is 78.9 Å². The summed E-state index contributed by atoms with van der Waals surface area (Å²) >= 11 is 0.